The molecule has 1 atom stereocenters. The molecule has 0 amide bonds. The van der Waals surface area contributed by atoms with Gasteiger partial charge in [0.15, 0.2) is 0 Å². The maximum absolute atomic E-state index is 4.19. The number of rotatable bonds is 3. The zero-order valence-corrected chi connectivity index (χ0v) is 13.0. The van der Waals surface area contributed by atoms with Crippen molar-refractivity contribution < 1.29 is 0 Å². The molecule has 0 bridgehead atoms. The highest BCUT2D eigenvalue weighted by atomic mass is 15.3. The molecule has 4 nitrogen and oxygen atoms in total. The SMILES string of the molecule is CC(NC1CCC(C(C)(C)C)CC1)c1nncn1C. The maximum Gasteiger partial charge on any atom is 0.149 e. The van der Waals surface area contributed by atoms with Crippen LogP contribution in [0.15, 0.2) is 6.33 Å². The summed E-state index contributed by atoms with van der Waals surface area (Å²) in [5, 5.41) is 11.8. The maximum atomic E-state index is 4.19. The zero-order valence-electron chi connectivity index (χ0n) is 13.0. The van der Waals surface area contributed by atoms with Crippen LogP contribution < -0.4 is 5.32 Å². The fourth-order valence-corrected chi connectivity index (χ4v) is 3.24. The van der Waals surface area contributed by atoms with Crippen LogP contribution in [0.2, 0.25) is 0 Å². The van der Waals surface area contributed by atoms with E-state index in [0.29, 0.717) is 11.5 Å². The Labute approximate surface area is 117 Å². The topological polar surface area (TPSA) is 42.7 Å². The summed E-state index contributed by atoms with van der Waals surface area (Å²) < 4.78 is 2.00. The molecule has 108 valence electrons. The first-order valence-corrected chi connectivity index (χ1v) is 7.48. The van der Waals surface area contributed by atoms with Gasteiger partial charge in [0.05, 0.1) is 6.04 Å². The molecule has 1 aromatic rings. The Kier molecular flexibility index (Phi) is 4.29. The van der Waals surface area contributed by atoms with Gasteiger partial charge in [-0.2, -0.15) is 0 Å². The molecule has 1 aliphatic carbocycles. The van der Waals surface area contributed by atoms with E-state index in [-0.39, 0.29) is 6.04 Å². The average molecular weight is 264 g/mol. The number of aryl methyl sites for hydroxylation is 1. The molecule has 1 N–H and O–H groups in total. The predicted molar refractivity (Wildman–Crippen MR) is 77.8 cm³/mol. The molecule has 0 radical (unpaired) electrons. The van der Waals surface area contributed by atoms with E-state index in [0.717, 1.165) is 11.7 Å². The summed E-state index contributed by atoms with van der Waals surface area (Å²) in [5.41, 5.74) is 0.459. The van der Waals surface area contributed by atoms with E-state index in [9.17, 15) is 0 Å². The minimum Gasteiger partial charge on any atom is -0.319 e. The van der Waals surface area contributed by atoms with E-state index < -0.39 is 0 Å². The minimum absolute atomic E-state index is 0.281. The van der Waals surface area contributed by atoms with Crippen LogP contribution in [0.1, 0.15) is 65.2 Å². The predicted octanol–water partition coefficient (Wildman–Crippen LogP) is 3.07. The molecule has 19 heavy (non-hydrogen) atoms. The Morgan fingerprint density at radius 1 is 1.26 bits per heavy atom. The van der Waals surface area contributed by atoms with Crippen molar-refractivity contribution in [3.63, 3.8) is 0 Å². The largest absolute Gasteiger partial charge is 0.319 e. The monoisotopic (exact) mass is 264 g/mol. The Morgan fingerprint density at radius 2 is 1.89 bits per heavy atom. The molecule has 0 aliphatic heterocycles. The summed E-state index contributed by atoms with van der Waals surface area (Å²) in [4.78, 5) is 0. The van der Waals surface area contributed by atoms with Gasteiger partial charge in [-0.25, -0.2) is 0 Å². The van der Waals surface area contributed by atoms with Gasteiger partial charge in [0, 0.05) is 13.1 Å². The molecule has 4 heteroatoms. The van der Waals surface area contributed by atoms with Gasteiger partial charge in [-0.1, -0.05) is 20.8 Å². The number of aromatic nitrogens is 3. The fourth-order valence-electron chi connectivity index (χ4n) is 3.24. The molecule has 0 aromatic carbocycles. The van der Waals surface area contributed by atoms with Crippen LogP contribution in [0.3, 0.4) is 0 Å². The standard InChI is InChI=1S/C15H28N4/c1-11(14-18-16-10-19(14)5)17-13-8-6-12(7-9-13)15(2,3)4/h10-13,17H,6-9H2,1-5H3. The van der Waals surface area contributed by atoms with Crippen molar-refractivity contribution in [3.05, 3.63) is 12.2 Å². The van der Waals surface area contributed by atoms with Crippen molar-refractivity contribution in [1.82, 2.24) is 20.1 Å². The molecule has 0 spiro atoms. The lowest BCUT2D eigenvalue weighted by molar-refractivity contribution is 0.156. The lowest BCUT2D eigenvalue weighted by Crippen LogP contribution is -2.38. The lowest BCUT2D eigenvalue weighted by atomic mass is 9.71. The summed E-state index contributed by atoms with van der Waals surface area (Å²) in [5.74, 6) is 1.90. The summed E-state index contributed by atoms with van der Waals surface area (Å²) >= 11 is 0. The summed E-state index contributed by atoms with van der Waals surface area (Å²) in [6.45, 7) is 9.29. The first-order valence-electron chi connectivity index (χ1n) is 7.48. The molecule has 0 saturated heterocycles. The molecule has 1 fully saturated rings. The third-order valence-electron chi connectivity index (χ3n) is 4.57. The normalized spacial score (nSPS) is 26.4. The summed E-state index contributed by atoms with van der Waals surface area (Å²) in [6.07, 6.45) is 7.01. The van der Waals surface area contributed by atoms with Crippen LogP contribution in [0, 0.1) is 11.3 Å². The Morgan fingerprint density at radius 3 is 2.37 bits per heavy atom. The Bertz CT molecular complexity index is 397. The van der Waals surface area contributed by atoms with E-state index in [1.54, 1.807) is 6.33 Å². The summed E-state index contributed by atoms with van der Waals surface area (Å²) in [6, 6.07) is 0.911. The van der Waals surface area contributed by atoms with E-state index in [1.165, 1.54) is 25.7 Å². The van der Waals surface area contributed by atoms with Crippen LogP contribution in [-0.4, -0.2) is 20.8 Å². The van der Waals surface area contributed by atoms with E-state index in [4.69, 9.17) is 0 Å². The third-order valence-corrected chi connectivity index (χ3v) is 4.57. The number of hydrogen-bond donors (Lipinski definition) is 1. The Hall–Kier alpha value is -0.900. The zero-order chi connectivity index (χ0) is 14.0. The molecular weight excluding hydrogens is 236 g/mol. The summed E-state index contributed by atoms with van der Waals surface area (Å²) in [7, 11) is 2.00. The molecule has 1 heterocycles. The van der Waals surface area contributed by atoms with Crippen molar-refractivity contribution >= 4 is 0 Å². The van der Waals surface area contributed by atoms with Gasteiger partial charge < -0.3 is 9.88 Å². The smallest absolute Gasteiger partial charge is 0.149 e. The van der Waals surface area contributed by atoms with Gasteiger partial charge in [-0.05, 0) is 43.9 Å². The van der Waals surface area contributed by atoms with Crippen molar-refractivity contribution in [2.24, 2.45) is 18.4 Å². The first kappa shape index (κ1) is 14.5. The van der Waals surface area contributed by atoms with Crippen LogP contribution in [-0.2, 0) is 7.05 Å². The molecule has 2 rings (SSSR count). The van der Waals surface area contributed by atoms with Crippen molar-refractivity contribution in [2.75, 3.05) is 0 Å². The lowest BCUT2D eigenvalue weighted by Gasteiger charge is -2.38. The van der Waals surface area contributed by atoms with Crippen LogP contribution in [0.4, 0.5) is 0 Å². The van der Waals surface area contributed by atoms with Gasteiger partial charge in [-0.15, -0.1) is 10.2 Å². The van der Waals surface area contributed by atoms with E-state index >= 15 is 0 Å². The van der Waals surface area contributed by atoms with Crippen LogP contribution in [0.25, 0.3) is 0 Å². The van der Waals surface area contributed by atoms with Gasteiger partial charge >= 0.3 is 0 Å². The van der Waals surface area contributed by atoms with E-state index in [1.807, 2.05) is 11.6 Å². The van der Waals surface area contributed by atoms with Gasteiger partial charge in [0.1, 0.15) is 12.2 Å². The van der Waals surface area contributed by atoms with Gasteiger partial charge in [0.25, 0.3) is 0 Å². The Balaban J connectivity index is 1.85. The van der Waals surface area contributed by atoms with Crippen LogP contribution in [0.5, 0.6) is 0 Å². The molecule has 1 aromatic heterocycles. The molecule has 1 saturated carbocycles. The highest BCUT2D eigenvalue weighted by molar-refractivity contribution is 4.94. The number of nitrogens with zero attached hydrogens (tertiary/aromatic N) is 3. The van der Waals surface area contributed by atoms with Crippen LogP contribution >= 0.6 is 0 Å². The molecule has 1 aliphatic rings. The van der Waals surface area contributed by atoms with Gasteiger partial charge in [-0.3, -0.25) is 0 Å². The van der Waals surface area contributed by atoms with E-state index in [2.05, 4.69) is 43.2 Å². The second-order valence-corrected chi connectivity index (χ2v) is 7.10. The highest BCUT2D eigenvalue weighted by Crippen LogP contribution is 2.38. The number of nitrogens with one attached hydrogen (secondary N) is 1. The number of hydrogen-bond acceptors (Lipinski definition) is 3. The quantitative estimate of drug-likeness (QED) is 0.912. The van der Waals surface area contributed by atoms with Crippen molar-refractivity contribution in [1.29, 1.82) is 0 Å². The first-order chi connectivity index (χ1) is 8.88. The third kappa shape index (κ3) is 3.56. The van der Waals surface area contributed by atoms with Crippen molar-refractivity contribution in [3.8, 4) is 0 Å². The second kappa shape index (κ2) is 5.61. The minimum atomic E-state index is 0.281. The molecule has 1 unspecified atom stereocenters. The van der Waals surface area contributed by atoms with Crippen molar-refractivity contribution in [2.45, 2.75) is 65.5 Å². The second-order valence-electron chi connectivity index (χ2n) is 7.10. The molecular formula is C15H28N4. The average Bonchev–Trinajstić information content (AvgIpc) is 2.75. The fraction of sp³-hybridized carbons (Fsp3) is 0.867. The van der Waals surface area contributed by atoms with Gasteiger partial charge in [0.2, 0.25) is 0 Å². The highest BCUT2D eigenvalue weighted by Gasteiger charge is 2.30.